The Morgan fingerprint density at radius 1 is 0.304 bits per heavy atom. The summed E-state index contributed by atoms with van der Waals surface area (Å²) in [5.74, 6) is -31.9. The third-order valence-corrected chi connectivity index (χ3v) is 9.09. The minimum atomic E-state index is -6.87. The second-order valence-corrected chi connectivity index (χ2v) is 13.6. The van der Waals surface area contributed by atoms with Crippen LogP contribution in [0.15, 0.2) is 48.5 Å². The average Bonchev–Trinajstić information content (AvgIpc) is 3.09. The van der Waals surface area contributed by atoms with Crippen LogP contribution in [-0.2, 0) is 12.8 Å². The van der Waals surface area contributed by atoms with Crippen molar-refractivity contribution in [1.29, 1.82) is 0 Å². The van der Waals surface area contributed by atoms with E-state index in [0.29, 0.717) is 64.2 Å². The summed E-state index contributed by atoms with van der Waals surface area (Å²) in [6.07, 6.45) is -13.1. The van der Waals surface area contributed by atoms with E-state index in [4.69, 9.17) is 0 Å². The predicted octanol–water partition coefficient (Wildman–Crippen LogP) is 14.6. The van der Waals surface area contributed by atoms with Gasteiger partial charge in [0.2, 0.25) is 0 Å². The maximum Gasteiger partial charge on any atom is 0.460 e. The highest BCUT2D eigenvalue weighted by Gasteiger charge is 2.82. The number of hydrogen-bond donors (Lipinski definition) is 0. The highest BCUT2D eigenvalue weighted by atomic mass is 19.4. The van der Waals surface area contributed by atoms with Gasteiger partial charge in [-0.3, -0.25) is 0 Å². The number of hydrogen-bond acceptors (Lipinski definition) is 0. The molecule has 18 heteroatoms. The summed E-state index contributed by atoms with van der Waals surface area (Å²) in [5.41, 5.74) is 3.41. The molecule has 2 rings (SSSR count). The zero-order valence-electron chi connectivity index (χ0n) is 29.7. The quantitative estimate of drug-likeness (QED) is 0.0630. The lowest BCUT2D eigenvalue weighted by atomic mass is 9.97. The number of benzene rings is 2. The Hall–Kier alpha value is -3.26. The van der Waals surface area contributed by atoms with Crippen LogP contribution in [0.4, 0.5) is 79.0 Å². The molecule has 0 fully saturated rings. The fourth-order valence-corrected chi connectivity index (χ4v) is 5.55. The first-order chi connectivity index (χ1) is 25.6. The third kappa shape index (κ3) is 12.6. The maximum absolute atomic E-state index is 13.6. The number of unbranched alkanes of at least 4 members (excludes halogenated alkanes) is 10. The first-order valence-corrected chi connectivity index (χ1v) is 17.7. The molecule has 56 heavy (non-hydrogen) atoms. The summed E-state index contributed by atoms with van der Waals surface area (Å²) in [7, 11) is 0. The van der Waals surface area contributed by atoms with Crippen molar-refractivity contribution >= 4 is 0 Å². The molecule has 0 aliphatic rings. The van der Waals surface area contributed by atoms with Crippen LogP contribution in [0, 0.1) is 11.8 Å². The van der Waals surface area contributed by atoms with Crippen LogP contribution in [0.2, 0.25) is 0 Å². The van der Waals surface area contributed by atoms with Crippen molar-refractivity contribution in [2.24, 2.45) is 0 Å². The predicted molar refractivity (Wildman–Crippen MR) is 173 cm³/mol. The van der Waals surface area contributed by atoms with Crippen LogP contribution in [0.25, 0.3) is 0 Å². The summed E-state index contributed by atoms with van der Waals surface area (Å²) in [6.45, 7) is 0. The van der Waals surface area contributed by atoms with E-state index in [1.165, 1.54) is 0 Å². The van der Waals surface area contributed by atoms with Crippen molar-refractivity contribution in [3.63, 3.8) is 0 Å². The molecule has 0 bridgehead atoms. The molecule has 0 nitrogen and oxygen atoms in total. The van der Waals surface area contributed by atoms with Crippen LogP contribution in [-0.4, -0.2) is 47.9 Å². The Kier molecular flexibility index (Phi) is 17.0. The van der Waals surface area contributed by atoms with Crippen LogP contribution >= 0.6 is 0 Å². The van der Waals surface area contributed by atoms with Crippen molar-refractivity contribution in [2.45, 2.75) is 151 Å². The van der Waals surface area contributed by atoms with E-state index in [1.807, 2.05) is 48.5 Å². The maximum atomic E-state index is 13.6. The van der Waals surface area contributed by atoms with Crippen LogP contribution < -0.4 is 0 Å². The summed E-state index contributed by atoms with van der Waals surface area (Å²) in [6, 6.07) is 14.7. The Morgan fingerprint density at radius 2 is 0.554 bits per heavy atom. The van der Waals surface area contributed by atoms with E-state index in [-0.39, 0.29) is 12.8 Å². The highest BCUT2D eigenvalue weighted by molar-refractivity contribution is 5.44. The first kappa shape index (κ1) is 48.9. The Labute approximate surface area is 312 Å². The normalized spacial score (nSPS) is 13.8. The molecule has 0 saturated heterocycles. The highest BCUT2D eigenvalue weighted by Crippen LogP contribution is 2.55. The lowest BCUT2D eigenvalue weighted by Gasteiger charge is -2.33. The van der Waals surface area contributed by atoms with Gasteiger partial charge in [-0.05, 0) is 73.9 Å². The lowest BCUT2D eigenvalue weighted by Crippen LogP contribution is -2.60. The molecule has 0 amide bonds. The van der Waals surface area contributed by atoms with E-state index in [1.54, 1.807) is 0 Å². The van der Waals surface area contributed by atoms with Crippen molar-refractivity contribution in [1.82, 2.24) is 0 Å². The smallest absolute Gasteiger partial charge is 0.200 e. The van der Waals surface area contributed by atoms with Gasteiger partial charge in [-0.25, -0.2) is 0 Å². The second kappa shape index (κ2) is 19.5. The Morgan fingerprint density at radius 3 is 0.821 bits per heavy atom. The lowest BCUT2D eigenvalue weighted by molar-refractivity contribution is -0.396. The fraction of sp³-hybridized carbons (Fsp3) is 0.632. The Bertz CT molecular complexity index is 1410. The summed E-state index contributed by atoms with van der Waals surface area (Å²) in [5, 5.41) is 0. The molecule has 0 saturated carbocycles. The van der Waals surface area contributed by atoms with Gasteiger partial charge in [-0.1, -0.05) is 87.5 Å². The zero-order valence-corrected chi connectivity index (χ0v) is 29.7. The van der Waals surface area contributed by atoms with Gasteiger partial charge in [0.1, 0.15) is 0 Å². The molecule has 0 aliphatic heterocycles. The molecule has 0 heterocycles. The van der Waals surface area contributed by atoms with Gasteiger partial charge in [0.15, 0.2) is 0 Å². The molecule has 2 aromatic rings. The molecule has 2 aromatic carbocycles. The molecule has 318 valence electrons. The number of alkyl halides is 18. The minimum absolute atomic E-state index is 0.0483. The van der Waals surface area contributed by atoms with Crippen LogP contribution in [0.3, 0.4) is 0 Å². The molecule has 0 aliphatic carbocycles. The summed E-state index contributed by atoms with van der Waals surface area (Å²) < 4.78 is 233. The molecule has 0 N–H and O–H groups in total. The van der Waals surface area contributed by atoms with Gasteiger partial charge >= 0.3 is 47.9 Å². The van der Waals surface area contributed by atoms with Crippen molar-refractivity contribution in [3.8, 4) is 11.8 Å². The third-order valence-electron chi connectivity index (χ3n) is 9.09. The summed E-state index contributed by atoms with van der Waals surface area (Å²) in [4.78, 5) is 0. The van der Waals surface area contributed by atoms with Crippen molar-refractivity contribution in [2.75, 3.05) is 0 Å². The van der Waals surface area contributed by atoms with Gasteiger partial charge < -0.3 is 0 Å². The monoisotopic (exact) mass is 838 g/mol. The summed E-state index contributed by atoms with van der Waals surface area (Å²) >= 11 is 0. The van der Waals surface area contributed by atoms with Crippen molar-refractivity contribution < 1.29 is 79.0 Å². The first-order valence-electron chi connectivity index (χ1n) is 17.7. The molecule has 0 spiro atoms. The van der Waals surface area contributed by atoms with Gasteiger partial charge in [0.05, 0.1) is 0 Å². The van der Waals surface area contributed by atoms with E-state index in [9.17, 15) is 79.0 Å². The SMILES string of the molecule is FC(F)(F)C(F)(F)C(F)(F)C(F)(F)CCCCCCCCc1ccc(C#Cc2ccc(CCCCCCCCC(F)(F)C(F)(F)C(F)(F)C(F)(F)F)cc2)cc1. The zero-order chi connectivity index (χ0) is 42.7. The fourth-order valence-electron chi connectivity index (χ4n) is 5.55. The Balaban J connectivity index is 1.64. The van der Waals surface area contributed by atoms with E-state index >= 15 is 0 Å². The topological polar surface area (TPSA) is 0 Å². The van der Waals surface area contributed by atoms with E-state index in [2.05, 4.69) is 11.8 Å². The van der Waals surface area contributed by atoms with Crippen LogP contribution in [0.1, 0.15) is 112 Å². The molecular weight excluding hydrogens is 798 g/mol. The molecule has 0 unspecified atom stereocenters. The molecular formula is C38H40F18. The molecule has 0 atom stereocenters. The average molecular weight is 839 g/mol. The van der Waals surface area contributed by atoms with E-state index < -0.39 is 73.6 Å². The van der Waals surface area contributed by atoms with Gasteiger partial charge in [-0.2, -0.15) is 79.0 Å². The molecule has 0 radical (unpaired) electrons. The van der Waals surface area contributed by atoms with Crippen LogP contribution in [0.5, 0.6) is 0 Å². The molecule has 0 aromatic heterocycles. The number of halogens is 18. The van der Waals surface area contributed by atoms with Crippen molar-refractivity contribution in [3.05, 3.63) is 70.8 Å². The number of rotatable bonds is 22. The number of aryl methyl sites for hydroxylation is 2. The van der Waals surface area contributed by atoms with E-state index in [0.717, 1.165) is 22.3 Å². The van der Waals surface area contributed by atoms with Gasteiger partial charge in [0, 0.05) is 24.0 Å². The second-order valence-electron chi connectivity index (χ2n) is 13.6. The van der Waals surface area contributed by atoms with Gasteiger partial charge in [0.25, 0.3) is 0 Å². The minimum Gasteiger partial charge on any atom is -0.200 e. The van der Waals surface area contributed by atoms with Gasteiger partial charge in [-0.15, -0.1) is 0 Å². The standard InChI is InChI=1S/C38H40F18/c39-31(40,33(43,44)35(47,48)37(51,52)53)25-11-7-3-1-5-9-13-27-15-19-29(20-16-27)23-24-30-21-17-28(18-22-30)14-10-6-2-4-8-12-26-32(41,42)34(45,46)36(49,50)38(54,55)56/h15-22H,1-14,25-26H2. The largest absolute Gasteiger partial charge is 0.460 e.